The van der Waals surface area contributed by atoms with Crippen LogP contribution in [0.2, 0.25) is 0 Å². The number of furan rings is 1. The number of hydrogen-bond donors (Lipinski definition) is 1. The van der Waals surface area contributed by atoms with E-state index in [2.05, 4.69) is 5.32 Å². The second kappa shape index (κ2) is 6.64. The number of esters is 1. The number of para-hydroxylation sites is 1. The molecule has 1 amide bonds. The highest BCUT2D eigenvalue weighted by molar-refractivity contribution is 5.83. The molecule has 0 saturated heterocycles. The van der Waals surface area contributed by atoms with Crippen molar-refractivity contribution in [3.8, 4) is 0 Å². The quantitative estimate of drug-likeness (QED) is 0.781. The van der Waals surface area contributed by atoms with Crippen molar-refractivity contribution in [2.75, 3.05) is 6.61 Å². The van der Waals surface area contributed by atoms with Gasteiger partial charge in [0, 0.05) is 5.39 Å². The molecule has 4 fully saturated rings. The largest absolute Gasteiger partial charge is 0.459 e. The predicted octanol–water partition coefficient (Wildman–Crippen LogP) is 4.37. The highest BCUT2D eigenvalue weighted by atomic mass is 16.5. The van der Waals surface area contributed by atoms with Crippen LogP contribution < -0.4 is 5.32 Å². The lowest BCUT2D eigenvalue weighted by Gasteiger charge is -2.55. The Morgan fingerprint density at radius 3 is 2.43 bits per heavy atom. The van der Waals surface area contributed by atoms with Crippen molar-refractivity contribution < 1.29 is 18.7 Å². The summed E-state index contributed by atoms with van der Waals surface area (Å²) >= 11 is 0. The molecule has 0 radical (unpaired) electrons. The van der Waals surface area contributed by atoms with Gasteiger partial charge in [-0.25, -0.2) is 0 Å². The number of rotatable bonds is 5. The Balaban J connectivity index is 1.18. The first-order chi connectivity index (χ1) is 13.5. The molecular weight excluding hydrogens is 354 g/mol. The number of carbonyl (C=O) groups is 2. The summed E-state index contributed by atoms with van der Waals surface area (Å²) in [6.45, 7) is 1.65. The Morgan fingerprint density at radius 1 is 1.14 bits per heavy atom. The Morgan fingerprint density at radius 2 is 1.79 bits per heavy atom. The van der Waals surface area contributed by atoms with Gasteiger partial charge in [-0.1, -0.05) is 18.2 Å². The zero-order valence-corrected chi connectivity index (χ0v) is 16.3. The normalized spacial score (nSPS) is 31.7. The average Bonchev–Trinajstić information content (AvgIpc) is 3.09. The summed E-state index contributed by atoms with van der Waals surface area (Å²) in [6.07, 6.45) is 6.70. The van der Waals surface area contributed by atoms with Crippen LogP contribution in [0.3, 0.4) is 0 Å². The molecule has 4 aliphatic rings. The number of nitrogens with one attached hydrogen (secondary N) is 1. The highest BCUT2D eigenvalue weighted by Crippen LogP contribution is 2.60. The summed E-state index contributed by atoms with van der Waals surface area (Å²) in [6, 6.07) is 9.41. The molecule has 1 aromatic carbocycles. The molecule has 0 spiro atoms. The number of amides is 1. The summed E-state index contributed by atoms with van der Waals surface area (Å²) < 4.78 is 11.3. The fourth-order valence-electron chi connectivity index (χ4n) is 6.21. The third kappa shape index (κ3) is 3.11. The average molecular weight is 381 g/mol. The molecule has 1 aromatic heterocycles. The predicted molar refractivity (Wildman–Crippen MR) is 104 cm³/mol. The maximum atomic E-state index is 12.9. The molecule has 2 aromatic rings. The third-order valence-electron chi connectivity index (χ3n) is 7.05. The summed E-state index contributed by atoms with van der Waals surface area (Å²) in [5.74, 6) is 2.30. The van der Waals surface area contributed by atoms with E-state index >= 15 is 0 Å². The van der Waals surface area contributed by atoms with Crippen molar-refractivity contribution in [1.82, 2.24) is 5.32 Å². The summed E-state index contributed by atoms with van der Waals surface area (Å²) in [7, 11) is 0. The number of ether oxygens (including phenoxy) is 1. The van der Waals surface area contributed by atoms with Crippen molar-refractivity contribution in [3.05, 3.63) is 36.1 Å². The van der Waals surface area contributed by atoms with Gasteiger partial charge in [0.15, 0.2) is 6.61 Å². The van der Waals surface area contributed by atoms with E-state index in [0.717, 1.165) is 30.2 Å². The van der Waals surface area contributed by atoms with Gasteiger partial charge in [-0.3, -0.25) is 9.59 Å². The molecule has 28 heavy (non-hydrogen) atoms. The number of fused-ring (bicyclic) bond motifs is 1. The van der Waals surface area contributed by atoms with Crippen LogP contribution in [-0.2, 0) is 14.3 Å². The minimum absolute atomic E-state index is 0.154. The zero-order valence-electron chi connectivity index (χ0n) is 16.3. The Labute approximate surface area is 164 Å². The molecule has 5 heteroatoms. The topological polar surface area (TPSA) is 68.5 Å². The number of benzene rings is 1. The maximum absolute atomic E-state index is 12.9. The van der Waals surface area contributed by atoms with E-state index in [1.54, 1.807) is 0 Å². The summed E-state index contributed by atoms with van der Waals surface area (Å²) in [5.41, 5.74) is 0.478. The van der Waals surface area contributed by atoms with E-state index < -0.39 is 0 Å². The molecular formula is C23H27NO4. The minimum Gasteiger partial charge on any atom is -0.459 e. The molecule has 1 atom stereocenters. The lowest BCUT2D eigenvalue weighted by Crippen LogP contribution is -2.51. The van der Waals surface area contributed by atoms with Crippen LogP contribution in [0.1, 0.15) is 57.3 Å². The number of carbonyl (C=O) groups excluding carboxylic acids is 2. The van der Waals surface area contributed by atoms with Gasteiger partial charge < -0.3 is 14.5 Å². The molecule has 4 bridgehead atoms. The molecule has 1 N–H and O–H groups in total. The van der Waals surface area contributed by atoms with Gasteiger partial charge in [0.2, 0.25) is 0 Å². The second-order valence-corrected chi connectivity index (χ2v) is 9.25. The number of hydrogen-bond acceptors (Lipinski definition) is 4. The third-order valence-corrected chi connectivity index (χ3v) is 7.05. The molecule has 4 saturated carbocycles. The SMILES string of the molecule is C[C@@H](NC(=O)COC(=O)C12CC3CC(CC(C3)C1)C2)c1cc2ccccc2o1. The second-order valence-electron chi connectivity index (χ2n) is 9.25. The van der Waals surface area contributed by atoms with Crippen LogP contribution in [0, 0.1) is 23.2 Å². The molecule has 5 nitrogen and oxygen atoms in total. The van der Waals surface area contributed by atoms with E-state index in [-0.39, 0.29) is 29.9 Å². The van der Waals surface area contributed by atoms with Crippen molar-refractivity contribution in [3.63, 3.8) is 0 Å². The van der Waals surface area contributed by atoms with E-state index in [1.165, 1.54) is 19.3 Å². The van der Waals surface area contributed by atoms with Crippen molar-refractivity contribution in [2.24, 2.45) is 23.2 Å². The van der Waals surface area contributed by atoms with Gasteiger partial charge in [0.05, 0.1) is 11.5 Å². The summed E-state index contributed by atoms with van der Waals surface area (Å²) in [4.78, 5) is 25.2. The van der Waals surface area contributed by atoms with Gasteiger partial charge >= 0.3 is 5.97 Å². The van der Waals surface area contributed by atoms with Gasteiger partial charge in [-0.05, 0) is 75.3 Å². The van der Waals surface area contributed by atoms with Crippen LogP contribution in [0.4, 0.5) is 0 Å². The fourth-order valence-corrected chi connectivity index (χ4v) is 6.21. The fraction of sp³-hybridized carbons (Fsp3) is 0.565. The Kier molecular flexibility index (Phi) is 4.22. The van der Waals surface area contributed by atoms with Crippen LogP contribution in [-0.4, -0.2) is 18.5 Å². The van der Waals surface area contributed by atoms with Crippen molar-refractivity contribution >= 4 is 22.8 Å². The van der Waals surface area contributed by atoms with Gasteiger partial charge in [0.1, 0.15) is 11.3 Å². The van der Waals surface area contributed by atoms with E-state index in [1.807, 2.05) is 37.3 Å². The van der Waals surface area contributed by atoms with E-state index in [0.29, 0.717) is 23.5 Å². The minimum atomic E-state index is -0.320. The molecule has 0 aliphatic heterocycles. The maximum Gasteiger partial charge on any atom is 0.312 e. The lowest BCUT2D eigenvalue weighted by molar-refractivity contribution is -0.173. The molecule has 6 rings (SSSR count). The van der Waals surface area contributed by atoms with E-state index in [9.17, 15) is 9.59 Å². The molecule has 0 unspecified atom stereocenters. The molecule has 4 aliphatic carbocycles. The first-order valence-electron chi connectivity index (χ1n) is 10.5. The van der Waals surface area contributed by atoms with Gasteiger partial charge in [-0.2, -0.15) is 0 Å². The summed E-state index contributed by atoms with van der Waals surface area (Å²) in [5, 5.41) is 3.88. The van der Waals surface area contributed by atoms with Crippen LogP contribution in [0.5, 0.6) is 0 Å². The van der Waals surface area contributed by atoms with Gasteiger partial charge in [-0.15, -0.1) is 0 Å². The van der Waals surface area contributed by atoms with Crippen LogP contribution in [0.25, 0.3) is 11.0 Å². The molecule has 148 valence electrons. The molecule has 1 heterocycles. The highest BCUT2D eigenvalue weighted by Gasteiger charge is 2.55. The van der Waals surface area contributed by atoms with Crippen LogP contribution >= 0.6 is 0 Å². The van der Waals surface area contributed by atoms with Gasteiger partial charge in [0.25, 0.3) is 5.91 Å². The monoisotopic (exact) mass is 381 g/mol. The first kappa shape index (κ1) is 17.8. The Hall–Kier alpha value is -2.30. The van der Waals surface area contributed by atoms with Crippen LogP contribution in [0.15, 0.2) is 34.7 Å². The Bertz CT molecular complexity index is 846. The zero-order chi connectivity index (χ0) is 19.3. The first-order valence-corrected chi connectivity index (χ1v) is 10.5. The standard InChI is InChI=1S/C23H27NO4/c1-14(20-9-18-4-2-3-5-19(18)28-20)24-21(25)13-27-22(26)23-10-15-6-16(11-23)8-17(7-15)12-23/h2-5,9,14-17H,6-8,10-13H2,1H3,(H,24,25)/t14-,15?,16?,17?,23?/m1/s1. The lowest BCUT2D eigenvalue weighted by atomic mass is 9.49. The van der Waals surface area contributed by atoms with E-state index in [4.69, 9.17) is 9.15 Å². The smallest absolute Gasteiger partial charge is 0.312 e. The van der Waals surface area contributed by atoms with Crippen molar-refractivity contribution in [1.29, 1.82) is 0 Å². The van der Waals surface area contributed by atoms with Crippen molar-refractivity contribution in [2.45, 2.75) is 51.5 Å².